The van der Waals surface area contributed by atoms with Crippen molar-refractivity contribution in [1.29, 1.82) is 5.26 Å². The van der Waals surface area contributed by atoms with E-state index in [1.807, 2.05) is 61.8 Å². The number of carbonyl (C=O) groups excluding carboxylic acids is 1. The van der Waals surface area contributed by atoms with Crippen LogP contribution >= 0.6 is 0 Å². The molecule has 0 radical (unpaired) electrons. The van der Waals surface area contributed by atoms with Gasteiger partial charge in [-0.3, -0.25) is 9.78 Å². The first-order valence-electron chi connectivity index (χ1n) is 13.1. The molecule has 2 aliphatic heterocycles. The molecule has 0 spiro atoms. The van der Waals surface area contributed by atoms with Crippen LogP contribution in [0.1, 0.15) is 31.7 Å². The summed E-state index contributed by atoms with van der Waals surface area (Å²) in [5, 5.41) is 10.1. The molecule has 1 unspecified atom stereocenters. The number of nitrogens with zero attached hydrogens (tertiary/aromatic N) is 5. The van der Waals surface area contributed by atoms with Crippen LogP contribution in [0.5, 0.6) is 5.75 Å². The van der Waals surface area contributed by atoms with Crippen LogP contribution in [0.2, 0.25) is 0 Å². The van der Waals surface area contributed by atoms with Crippen LogP contribution in [0.3, 0.4) is 0 Å². The molecule has 2 saturated heterocycles. The molecule has 2 bridgehead atoms. The Morgan fingerprint density at radius 3 is 2.34 bits per heavy atom. The minimum Gasteiger partial charge on any atom is -0.495 e. The maximum absolute atomic E-state index is 12.4. The van der Waals surface area contributed by atoms with E-state index in [1.165, 1.54) is 0 Å². The predicted molar refractivity (Wildman–Crippen MR) is 148 cm³/mol. The number of piperazine rings is 1. The normalized spacial score (nSPS) is 18.4. The Kier molecular flexibility index (Phi) is 6.16. The Morgan fingerprint density at radius 2 is 1.71 bits per heavy atom. The smallest absolute Gasteiger partial charge is 0.222 e. The van der Waals surface area contributed by atoms with Crippen molar-refractivity contribution in [2.24, 2.45) is 0 Å². The summed E-state index contributed by atoms with van der Waals surface area (Å²) in [6, 6.07) is 20.4. The van der Waals surface area contributed by atoms with Crippen molar-refractivity contribution in [3.63, 3.8) is 0 Å². The third-order valence-corrected chi connectivity index (χ3v) is 7.83. The van der Waals surface area contributed by atoms with Crippen LogP contribution in [0, 0.1) is 11.3 Å². The molecule has 2 fully saturated rings. The van der Waals surface area contributed by atoms with Gasteiger partial charge in [0.2, 0.25) is 5.91 Å². The van der Waals surface area contributed by atoms with Crippen LogP contribution in [-0.2, 0) is 4.79 Å². The van der Waals surface area contributed by atoms with Gasteiger partial charge in [-0.15, -0.1) is 0 Å². The number of aromatic nitrogens is 2. The van der Waals surface area contributed by atoms with E-state index in [2.05, 4.69) is 28.0 Å². The van der Waals surface area contributed by atoms with Gasteiger partial charge in [0.1, 0.15) is 11.6 Å². The quantitative estimate of drug-likeness (QED) is 0.361. The van der Waals surface area contributed by atoms with Crippen LogP contribution in [0.4, 0.5) is 5.82 Å². The second-order valence-electron chi connectivity index (χ2n) is 9.95. The molecule has 2 aromatic heterocycles. The third kappa shape index (κ3) is 4.03. The van der Waals surface area contributed by atoms with Gasteiger partial charge in [-0.2, -0.15) is 5.26 Å². The fourth-order valence-electron chi connectivity index (χ4n) is 5.99. The molecule has 2 aliphatic rings. The first-order valence-corrected chi connectivity index (χ1v) is 13.1. The van der Waals surface area contributed by atoms with Gasteiger partial charge in [-0.05, 0) is 48.7 Å². The number of carbonyl (C=O) groups is 1. The molecule has 38 heavy (non-hydrogen) atoms. The summed E-state index contributed by atoms with van der Waals surface area (Å²) in [5.74, 6) is 1.95. The van der Waals surface area contributed by atoms with E-state index in [9.17, 15) is 4.79 Å². The Labute approximate surface area is 222 Å². The SMILES string of the molecule is CCC(=O)N1C2CC[C@H]1CN(c1ccc(-c3cnc4c(-c5ccc(C#N)cc5)cccc4c3OC)cn1)C2. The number of amides is 1. The number of anilines is 1. The number of fused-ring (bicyclic) bond motifs is 3. The zero-order chi connectivity index (χ0) is 26.2. The molecule has 0 saturated carbocycles. The number of rotatable bonds is 5. The maximum atomic E-state index is 12.4. The topological polar surface area (TPSA) is 82.4 Å². The fourth-order valence-corrected chi connectivity index (χ4v) is 5.99. The minimum absolute atomic E-state index is 0.263. The molecular formula is C31H29N5O2. The van der Waals surface area contributed by atoms with E-state index in [-0.39, 0.29) is 18.0 Å². The highest BCUT2D eigenvalue weighted by atomic mass is 16.5. The monoisotopic (exact) mass is 503 g/mol. The molecule has 2 aromatic carbocycles. The molecular weight excluding hydrogens is 474 g/mol. The molecule has 0 aliphatic carbocycles. The number of para-hydroxylation sites is 1. The summed E-state index contributed by atoms with van der Waals surface area (Å²) in [5.41, 5.74) is 5.28. The first-order chi connectivity index (χ1) is 18.6. The number of ether oxygens (including phenoxy) is 1. The van der Waals surface area contributed by atoms with Crippen LogP contribution < -0.4 is 9.64 Å². The zero-order valence-electron chi connectivity index (χ0n) is 21.6. The lowest BCUT2D eigenvalue weighted by Crippen LogP contribution is -2.56. The van der Waals surface area contributed by atoms with Gasteiger partial charge >= 0.3 is 0 Å². The summed E-state index contributed by atoms with van der Waals surface area (Å²) in [6.07, 6.45) is 6.43. The van der Waals surface area contributed by atoms with Crippen LogP contribution in [0.15, 0.2) is 67.0 Å². The van der Waals surface area contributed by atoms with Gasteiger partial charge in [0, 0.05) is 66.1 Å². The largest absolute Gasteiger partial charge is 0.495 e. The number of hydrogen-bond donors (Lipinski definition) is 0. The van der Waals surface area contributed by atoms with Crippen molar-refractivity contribution in [2.75, 3.05) is 25.1 Å². The van der Waals surface area contributed by atoms with E-state index in [4.69, 9.17) is 20.0 Å². The van der Waals surface area contributed by atoms with Gasteiger partial charge in [-0.1, -0.05) is 31.2 Å². The lowest BCUT2D eigenvalue weighted by Gasteiger charge is -2.41. The summed E-state index contributed by atoms with van der Waals surface area (Å²) < 4.78 is 5.91. The molecule has 6 rings (SSSR count). The van der Waals surface area contributed by atoms with Crippen LogP contribution in [0.25, 0.3) is 33.2 Å². The van der Waals surface area contributed by atoms with Gasteiger partial charge < -0.3 is 14.5 Å². The Balaban J connectivity index is 1.30. The highest BCUT2D eigenvalue weighted by molar-refractivity contribution is 6.00. The van der Waals surface area contributed by atoms with Crippen molar-refractivity contribution < 1.29 is 9.53 Å². The van der Waals surface area contributed by atoms with Gasteiger partial charge in [0.15, 0.2) is 0 Å². The maximum Gasteiger partial charge on any atom is 0.222 e. The number of hydrogen-bond acceptors (Lipinski definition) is 6. The summed E-state index contributed by atoms with van der Waals surface area (Å²) in [4.78, 5) is 26.5. The Morgan fingerprint density at radius 1 is 0.974 bits per heavy atom. The summed E-state index contributed by atoms with van der Waals surface area (Å²) >= 11 is 0. The van der Waals surface area contributed by atoms with E-state index < -0.39 is 0 Å². The second kappa shape index (κ2) is 9.79. The highest BCUT2D eigenvalue weighted by Crippen LogP contribution is 2.39. The van der Waals surface area contributed by atoms with Gasteiger partial charge in [0.05, 0.1) is 24.3 Å². The third-order valence-electron chi connectivity index (χ3n) is 7.83. The number of benzene rings is 2. The van der Waals surface area contributed by atoms with E-state index >= 15 is 0 Å². The average molecular weight is 504 g/mol. The molecule has 2 atom stereocenters. The van der Waals surface area contributed by atoms with Crippen molar-refractivity contribution in [3.8, 4) is 34.1 Å². The van der Waals surface area contributed by atoms with Crippen molar-refractivity contribution in [3.05, 3.63) is 72.6 Å². The van der Waals surface area contributed by atoms with E-state index in [0.29, 0.717) is 12.0 Å². The van der Waals surface area contributed by atoms with Crippen molar-refractivity contribution in [2.45, 2.75) is 38.3 Å². The Hall–Kier alpha value is -4.44. The predicted octanol–water partition coefficient (Wildman–Crippen LogP) is 5.43. The lowest BCUT2D eigenvalue weighted by molar-refractivity contribution is -0.134. The standard InChI is InChI=1S/C31H29N5O2/c1-3-29(37)36-23-12-13-24(36)19-35(18-23)28-14-11-22(16-33-28)27-17-34-30-25(5-4-6-26(30)31(27)38-2)21-9-7-20(15-32)8-10-21/h4-11,14,16-17,23-24H,3,12-13,18-19H2,1-2H3/t23-,24?/m0/s1. The number of pyridine rings is 2. The average Bonchev–Trinajstić information content (AvgIpc) is 3.24. The minimum atomic E-state index is 0.263. The van der Waals surface area contributed by atoms with Crippen molar-refractivity contribution >= 4 is 22.6 Å². The van der Waals surface area contributed by atoms with E-state index in [1.54, 1.807) is 7.11 Å². The second-order valence-corrected chi connectivity index (χ2v) is 9.95. The van der Waals surface area contributed by atoms with Gasteiger partial charge in [-0.25, -0.2) is 4.98 Å². The molecule has 0 N–H and O–H groups in total. The first kappa shape index (κ1) is 23.9. The van der Waals surface area contributed by atoms with Gasteiger partial charge in [0.25, 0.3) is 0 Å². The van der Waals surface area contributed by atoms with E-state index in [0.717, 1.165) is 70.7 Å². The number of methoxy groups -OCH3 is 1. The molecule has 190 valence electrons. The molecule has 4 heterocycles. The molecule has 7 nitrogen and oxygen atoms in total. The number of nitriles is 1. The Bertz CT molecular complexity index is 1530. The molecule has 1 amide bonds. The van der Waals surface area contributed by atoms with Crippen molar-refractivity contribution in [1.82, 2.24) is 14.9 Å². The zero-order valence-corrected chi connectivity index (χ0v) is 21.6. The molecule has 7 heteroatoms. The highest BCUT2D eigenvalue weighted by Gasteiger charge is 2.42. The molecule has 4 aromatic rings. The fraction of sp³-hybridized carbons (Fsp3) is 0.290. The van der Waals surface area contributed by atoms with Crippen LogP contribution in [-0.4, -0.2) is 53.1 Å². The lowest BCUT2D eigenvalue weighted by atomic mass is 9.98. The summed E-state index contributed by atoms with van der Waals surface area (Å²) in [7, 11) is 1.68. The summed E-state index contributed by atoms with van der Waals surface area (Å²) in [6.45, 7) is 3.60.